The summed E-state index contributed by atoms with van der Waals surface area (Å²) in [5, 5.41) is 2.95. The fraction of sp³-hybridized carbons (Fsp3) is 0.300. The maximum absolute atomic E-state index is 12.7. The molecule has 2 amide bonds. The third-order valence-electron chi connectivity index (χ3n) is 4.99. The molecule has 2 aromatic heterocycles. The van der Waals surface area contributed by atoms with Gasteiger partial charge in [-0.15, -0.1) is 11.8 Å². The summed E-state index contributed by atoms with van der Waals surface area (Å²) in [4.78, 5) is 38.9. The molecule has 3 heterocycles. The van der Waals surface area contributed by atoms with Crippen LogP contribution in [-0.4, -0.2) is 57.9 Å². The summed E-state index contributed by atoms with van der Waals surface area (Å²) in [5.74, 6) is 0.403. The minimum atomic E-state index is -0.178. The van der Waals surface area contributed by atoms with Crippen LogP contribution in [0.25, 0.3) is 11.2 Å². The van der Waals surface area contributed by atoms with E-state index < -0.39 is 0 Å². The van der Waals surface area contributed by atoms with Crippen molar-refractivity contribution >= 4 is 40.5 Å². The van der Waals surface area contributed by atoms with Crippen LogP contribution in [0, 0.1) is 0 Å². The second-order valence-corrected chi connectivity index (χ2v) is 7.66. The van der Waals surface area contributed by atoms with E-state index in [1.807, 2.05) is 41.5 Å². The Hall–Kier alpha value is -3.07. The van der Waals surface area contributed by atoms with Crippen molar-refractivity contribution in [3.63, 3.8) is 0 Å². The molecule has 0 saturated carbocycles. The molecule has 0 unspecified atom stereocenters. The molecule has 1 aliphatic heterocycles. The van der Waals surface area contributed by atoms with Gasteiger partial charge < -0.3 is 15.1 Å². The van der Waals surface area contributed by atoms with Gasteiger partial charge in [-0.2, -0.15) is 0 Å². The summed E-state index contributed by atoms with van der Waals surface area (Å²) in [6, 6.07) is 11.3. The Morgan fingerprint density at radius 2 is 1.93 bits per heavy atom. The molecule has 1 fully saturated rings. The molecule has 1 N–H and O–H groups in total. The van der Waals surface area contributed by atoms with Gasteiger partial charge in [0.25, 0.3) is 5.56 Å². The molecule has 1 aliphatic rings. The highest BCUT2D eigenvalue weighted by molar-refractivity contribution is 7.98. The summed E-state index contributed by atoms with van der Waals surface area (Å²) in [7, 11) is 1.70. The monoisotopic (exact) mass is 410 g/mol. The number of piperazine rings is 1. The fourth-order valence-electron chi connectivity index (χ4n) is 3.37. The number of aromatic nitrogens is 3. The number of aryl methyl sites for hydroxylation is 1. The summed E-state index contributed by atoms with van der Waals surface area (Å²) in [5.41, 5.74) is 1.84. The lowest BCUT2D eigenvalue weighted by Gasteiger charge is -2.35. The molecule has 9 heteroatoms. The third-order valence-corrected chi connectivity index (χ3v) is 5.72. The van der Waals surface area contributed by atoms with E-state index in [4.69, 9.17) is 0 Å². The van der Waals surface area contributed by atoms with Gasteiger partial charge in [-0.25, -0.2) is 14.8 Å². The van der Waals surface area contributed by atoms with Crippen molar-refractivity contribution in [3.8, 4) is 0 Å². The Bertz CT molecular complexity index is 1110. The Morgan fingerprint density at radius 1 is 1.14 bits per heavy atom. The van der Waals surface area contributed by atoms with E-state index in [-0.39, 0.29) is 11.6 Å². The highest BCUT2D eigenvalue weighted by atomic mass is 32.2. The number of pyridine rings is 1. The van der Waals surface area contributed by atoms with Crippen LogP contribution in [0.4, 0.5) is 16.3 Å². The van der Waals surface area contributed by atoms with Gasteiger partial charge in [-0.3, -0.25) is 9.36 Å². The highest BCUT2D eigenvalue weighted by Gasteiger charge is 2.24. The molecule has 0 spiro atoms. The van der Waals surface area contributed by atoms with Crippen LogP contribution < -0.4 is 15.8 Å². The molecule has 29 heavy (non-hydrogen) atoms. The molecule has 0 aliphatic carbocycles. The van der Waals surface area contributed by atoms with Crippen molar-refractivity contribution in [2.75, 3.05) is 42.7 Å². The summed E-state index contributed by atoms with van der Waals surface area (Å²) in [6.07, 6.45) is 3.65. The number of hydrogen-bond donors (Lipinski definition) is 1. The number of amides is 2. The van der Waals surface area contributed by atoms with Gasteiger partial charge in [0.2, 0.25) is 0 Å². The maximum Gasteiger partial charge on any atom is 0.321 e. The standard InChI is InChI=1S/C20H22N6O2S/c1-24-17-16(7-4-8-21-17)23-18(19(24)27)25-9-11-26(12-10-25)20(28)22-14-5-3-6-15(13-14)29-2/h3-8,13H,9-12H2,1-2H3,(H,22,28). The van der Waals surface area contributed by atoms with E-state index >= 15 is 0 Å². The van der Waals surface area contributed by atoms with E-state index in [0.29, 0.717) is 43.2 Å². The Labute approximate surface area is 172 Å². The van der Waals surface area contributed by atoms with Gasteiger partial charge in [-0.1, -0.05) is 6.07 Å². The quantitative estimate of drug-likeness (QED) is 0.668. The number of nitrogens with one attached hydrogen (secondary N) is 1. The first-order valence-electron chi connectivity index (χ1n) is 9.33. The number of carbonyl (C=O) groups excluding carboxylic acids is 1. The second kappa shape index (κ2) is 8.12. The molecule has 8 nitrogen and oxygen atoms in total. The van der Waals surface area contributed by atoms with Gasteiger partial charge in [0.1, 0.15) is 5.52 Å². The lowest BCUT2D eigenvalue weighted by molar-refractivity contribution is 0.208. The predicted molar refractivity (Wildman–Crippen MR) is 116 cm³/mol. The minimum Gasteiger partial charge on any atom is -0.348 e. The van der Waals surface area contributed by atoms with Gasteiger partial charge in [-0.05, 0) is 36.6 Å². The van der Waals surface area contributed by atoms with Crippen LogP contribution >= 0.6 is 11.8 Å². The zero-order valence-electron chi connectivity index (χ0n) is 16.3. The van der Waals surface area contributed by atoms with Crippen molar-refractivity contribution in [1.82, 2.24) is 19.4 Å². The van der Waals surface area contributed by atoms with E-state index in [1.54, 1.807) is 36.0 Å². The summed E-state index contributed by atoms with van der Waals surface area (Å²) in [6.45, 7) is 2.13. The number of carbonyl (C=O) groups is 1. The van der Waals surface area contributed by atoms with Crippen molar-refractivity contribution in [2.24, 2.45) is 7.05 Å². The number of urea groups is 1. The van der Waals surface area contributed by atoms with Crippen LogP contribution in [0.5, 0.6) is 0 Å². The smallest absolute Gasteiger partial charge is 0.321 e. The first-order chi connectivity index (χ1) is 14.1. The van der Waals surface area contributed by atoms with E-state index in [2.05, 4.69) is 15.3 Å². The average molecular weight is 411 g/mol. The lowest BCUT2D eigenvalue weighted by Crippen LogP contribution is -2.51. The number of fused-ring (bicyclic) bond motifs is 1. The molecule has 0 bridgehead atoms. The van der Waals surface area contributed by atoms with Crippen molar-refractivity contribution in [2.45, 2.75) is 4.90 Å². The Balaban J connectivity index is 1.45. The average Bonchev–Trinajstić information content (AvgIpc) is 2.76. The number of benzene rings is 1. The normalized spacial score (nSPS) is 14.3. The highest BCUT2D eigenvalue weighted by Crippen LogP contribution is 2.20. The van der Waals surface area contributed by atoms with Gasteiger partial charge >= 0.3 is 6.03 Å². The SMILES string of the molecule is CSc1cccc(NC(=O)N2CCN(c3nc4cccnc4n(C)c3=O)CC2)c1. The first kappa shape index (κ1) is 19.3. The van der Waals surface area contributed by atoms with Crippen molar-refractivity contribution in [1.29, 1.82) is 0 Å². The van der Waals surface area contributed by atoms with Crippen LogP contribution in [0.3, 0.4) is 0 Å². The van der Waals surface area contributed by atoms with E-state index in [1.165, 1.54) is 4.57 Å². The molecule has 3 aromatic rings. The predicted octanol–water partition coefficient (Wildman–Crippen LogP) is 2.40. The number of rotatable bonds is 3. The van der Waals surface area contributed by atoms with Gasteiger partial charge in [0.05, 0.1) is 0 Å². The molecule has 150 valence electrons. The van der Waals surface area contributed by atoms with Gasteiger partial charge in [0, 0.05) is 50.0 Å². The zero-order chi connectivity index (χ0) is 20.4. The fourth-order valence-corrected chi connectivity index (χ4v) is 3.83. The topological polar surface area (TPSA) is 83.4 Å². The third kappa shape index (κ3) is 3.91. The van der Waals surface area contributed by atoms with Crippen LogP contribution in [0.1, 0.15) is 0 Å². The van der Waals surface area contributed by atoms with Gasteiger partial charge in [0.15, 0.2) is 11.5 Å². The maximum atomic E-state index is 12.7. The van der Waals surface area contributed by atoms with Crippen LogP contribution in [0.15, 0.2) is 52.3 Å². The number of hydrogen-bond acceptors (Lipinski definition) is 6. The largest absolute Gasteiger partial charge is 0.348 e. The molecule has 0 radical (unpaired) electrons. The van der Waals surface area contributed by atoms with Crippen LogP contribution in [-0.2, 0) is 7.05 Å². The lowest BCUT2D eigenvalue weighted by atomic mass is 10.3. The molecule has 4 rings (SSSR count). The molecular formula is C20H22N6O2S. The summed E-state index contributed by atoms with van der Waals surface area (Å²) >= 11 is 1.63. The Kier molecular flexibility index (Phi) is 5.39. The zero-order valence-corrected chi connectivity index (χ0v) is 17.1. The molecule has 1 saturated heterocycles. The summed E-state index contributed by atoms with van der Waals surface area (Å²) < 4.78 is 1.52. The second-order valence-electron chi connectivity index (χ2n) is 6.78. The minimum absolute atomic E-state index is 0.133. The van der Waals surface area contributed by atoms with Crippen molar-refractivity contribution < 1.29 is 4.79 Å². The number of nitrogens with zero attached hydrogens (tertiary/aromatic N) is 5. The number of anilines is 2. The first-order valence-corrected chi connectivity index (χ1v) is 10.6. The Morgan fingerprint density at radius 3 is 2.69 bits per heavy atom. The van der Waals surface area contributed by atoms with E-state index in [9.17, 15) is 9.59 Å². The number of thioether (sulfide) groups is 1. The van der Waals surface area contributed by atoms with E-state index in [0.717, 1.165) is 10.6 Å². The van der Waals surface area contributed by atoms with Crippen molar-refractivity contribution in [3.05, 3.63) is 52.9 Å². The van der Waals surface area contributed by atoms with Crippen LogP contribution in [0.2, 0.25) is 0 Å². The molecule has 1 aromatic carbocycles. The molecular weight excluding hydrogens is 388 g/mol. The molecule has 0 atom stereocenters.